The number of Topliss-reactive ketones (excluding diaryl/α,β-unsaturated/α-hetero) is 1. The first-order valence-corrected chi connectivity index (χ1v) is 5.13. The van der Waals surface area contributed by atoms with Crippen molar-refractivity contribution in [3.8, 4) is 11.5 Å². The molecule has 2 N–H and O–H groups in total. The van der Waals surface area contributed by atoms with Gasteiger partial charge >= 0.3 is 0 Å². The predicted octanol–water partition coefficient (Wildman–Crippen LogP) is 2.00. The number of nitrogens with two attached hydrogens (primary N) is 1. The lowest BCUT2D eigenvalue weighted by atomic mass is 10.1. The summed E-state index contributed by atoms with van der Waals surface area (Å²) in [6.07, 6.45) is 3.35. The standard InChI is InChI=1S/C12H13N3O2/c1-8(16)11-4-3-9(5-12(11)13)17-10-6-14-15(2)7-10/h3-7H,13H2,1-2H3. The maximum atomic E-state index is 11.2. The molecule has 17 heavy (non-hydrogen) atoms. The molecule has 0 amide bonds. The smallest absolute Gasteiger partial charge is 0.165 e. The lowest BCUT2D eigenvalue weighted by Crippen LogP contribution is -1.99. The van der Waals surface area contributed by atoms with Crippen LogP contribution in [0.4, 0.5) is 5.69 Å². The fourth-order valence-corrected chi connectivity index (χ4v) is 1.51. The first-order valence-electron chi connectivity index (χ1n) is 5.13. The number of carbonyl (C=O) groups excluding carboxylic acids is 1. The van der Waals surface area contributed by atoms with Gasteiger partial charge < -0.3 is 10.5 Å². The number of carbonyl (C=O) groups is 1. The van der Waals surface area contributed by atoms with Crippen molar-refractivity contribution in [3.05, 3.63) is 36.2 Å². The van der Waals surface area contributed by atoms with E-state index in [0.29, 0.717) is 22.7 Å². The molecule has 1 aromatic heterocycles. The average molecular weight is 231 g/mol. The van der Waals surface area contributed by atoms with Gasteiger partial charge in [0.1, 0.15) is 5.75 Å². The molecule has 5 nitrogen and oxygen atoms in total. The van der Waals surface area contributed by atoms with Crippen molar-refractivity contribution in [1.82, 2.24) is 9.78 Å². The molecule has 0 bridgehead atoms. The molecule has 5 heteroatoms. The Morgan fingerprint density at radius 1 is 1.41 bits per heavy atom. The summed E-state index contributed by atoms with van der Waals surface area (Å²) in [4.78, 5) is 11.2. The summed E-state index contributed by atoms with van der Waals surface area (Å²) in [5.74, 6) is 1.15. The van der Waals surface area contributed by atoms with Gasteiger partial charge in [-0.05, 0) is 19.1 Å². The van der Waals surface area contributed by atoms with Crippen LogP contribution in [0.15, 0.2) is 30.6 Å². The van der Waals surface area contributed by atoms with Crippen LogP contribution in [0.2, 0.25) is 0 Å². The van der Waals surface area contributed by atoms with Crippen molar-refractivity contribution in [2.45, 2.75) is 6.92 Å². The van der Waals surface area contributed by atoms with Crippen LogP contribution in [0.1, 0.15) is 17.3 Å². The molecule has 0 aliphatic carbocycles. The first-order chi connectivity index (χ1) is 8.06. The SMILES string of the molecule is CC(=O)c1ccc(Oc2cnn(C)c2)cc1N. The van der Waals surface area contributed by atoms with E-state index in [1.165, 1.54) is 6.92 Å². The van der Waals surface area contributed by atoms with Crippen molar-refractivity contribution < 1.29 is 9.53 Å². The van der Waals surface area contributed by atoms with E-state index in [4.69, 9.17) is 10.5 Å². The van der Waals surface area contributed by atoms with Gasteiger partial charge in [-0.15, -0.1) is 0 Å². The van der Waals surface area contributed by atoms with Crippen LogP contribution < -0.4 is 10.5 Å². The van der Waals surface area contributed by atoms with Gasteiger partial charge in [0.25, 0.3) is 0 Å². The zero-order valence-electron chi connectivity index (χ0n) is 9.68. The number of benzene rings is 1. The summed E-state index contributed by atoms with van der Waals surface area (Å²) < 4.78 is 7.18. The summed E-state index contributed by atoms with van der Waals surface area (Å²) in [5.41, 5.74) is 6.68. The molecule has 0 aliphatic rings. The summed E-state index contributed by atoms with van der Waals surface area (Å²) in [6.45, 7) is 1.48. The fourth-order valence-electron chi connectivity index (χ4n) is 1.51. The molecular weight excluding hydrogens is 218 g/mol. The van der Waals surface area contributed by atoms with Crippen LogP contribution in [-0.4, -0.2) is 15.6 Å². The van der Waals surface area contributed by atoms with Gasteiger partial charge in [-0.3, -0.25) is 9.48 Å². The third kappa shape index (κ3) is 2.44. The van der Waals surface area contributed by atoms with Gasteiger partial charge in [0.15, 0.2) is 11.5 Å². The molecule has 0 aliphatic heterocycles. The summed E-state index contributed by atoms with van der Waals surface area (Å²) in [6, 6.07) is 4.99. The average Bonchev–Trinajstić information content (AvgIpc) is 2.63. The van der Waals surface area contributed by atoms with E-state index in [9.17, 15) is 4.79 Å². The Morgan fingerprint density at radius 2 is 2.18 bits per heavy atom. The van der Waals surface area contributed by atoms with Gasteiger partial charge in [0, 0.05) is 24.4 Å². The van der Waals surface area contributed by atoms with Crippen LogP contribution in [-0.2, 0) is 7.05 Å². The van der Waals surface area contributed by atoms with E-state index >= 15 is 0 Å². The van der Waals surface area contributed by atoms with Gasteiger partial charge in [-0.25, -0.2) is 0 Å². The number of hydrogen-bond acceptors (Lipinski definition) is 4. The van der Waals surface area contributed by atoms with Crippen LogP contribution in [0.3, 0.4) is 0 Å². The van der Waals surface area contributed by atoms with E-state index in [2.05, 4.69) is 5.10 Å². The highest BCUT2D eigenvalue weighted by atomic mass is 16.5. The molecule has 1 heterocycles. The number of anilines is 1. The Bertz CT molecular complexity index is 561. The second-order valence-electron chi connectivity index (χ2n) is 3.76. The van der Waals surface area contributed by atoms with Crippen molar-refractivity contribution in [2.24, 2.45) is 7.05 Å². The van der Waals surface area contributed by atoms with Crippen LogP contribution in [0.25, 0.3) is 0 Å². The van der Waals surface area contributed by atoms with Gasteiger partial charge in [-0.2, -0.15) is 5.10 Å². The second-order valence-corrected chi connectivity index (χ2v) is 3.76. The van der Waals surface area contributed by atoms with Gasteiger partial charge in [0.05, 0.1) is 12.4 Å². The quantitative estimate of drug-likeness (QED) is 0.647. The maximum Gasteiger partial charge on any atom is 0.165 e. The molecule has 0 fully saturated rings. The van der Waals surface area contributed by atoms with E-state index in [0.717, 1.165) is 0 Å². The summed E-state index contributed by atoms with van der Waals surface area (Å²) in [7, 11) is 1.81. The highest BCUT2D eigenvalue weighted by molar-refractivity contribution is 5.99. The highest BCUT2D eigenvalue weighted by Gasteiger charge is 2.07. The normalized spacial score (nSPS) is 10.2. The minimum Gasteiger partial charge on any atom is -0.454 e. The van der Waals surface area contributed by atoms with Gasteiger partial charge in [-0.1, -0.05) is 0 Å². The van der Waals surface area contributed by atoms with Gasteiger partial charge in [0.2, 0.25) is 0 Å². The molecule has 2 rings (SSSR count). The molecule has 0 atom stereocenters. The Hall–Kier alpha value is -2.30. The Morgan fingerprint density at radius 3 is 2.71 bits per heavy atom. The third-order valence-electron chi connectivity index (χ3n) is 2.32. The summed E-state index contributed by atoms with van der Waals surface area (Å²) in [5, 5.41) is 3.99. The lowest BCUT2D eigenvalue weighted by molar-refractivity contribution is 0.101. The minimum absolute atomic E-state index is 0.0598. The monoisotopic (exact) mass is 231 g/mol. The Balaban J connectivity index is 2.23. The maximum absolute atomic E-state index is 11.2. The predicted molar refractivity (Wildman–Crippen MR) is 64.1 cm³/mol. The van der Waals surface area contributed by atoms with E-state index in [-0.39, 0.29) is 5.78 Å². The molecule has 88 valence electrons. The Labute approximate surface area is 98.8 Å². The number of nitrogen functional groups attached to an aromatic ring is 1. The van der Waals surface area contributed by atoms with Crippen molar-refractivity contribution >= 4 is 11.5 Å². The van der Waals surface area contributed by atoms with E-state index < -0.39 is 0 Å². The largest absolute Gasteiger partial charge is 0.454 e. The highest BCUT2D eigenvalue weighted by Crippen LogP contribution is 2.25. The number of aryl methyl sites for hydroxylation is 1. The lowest BCUT2D eigenvalue weighted by Gasteiger charge is -2.06. The summed E-state index contributed by atoms with van der Waals surface area (Å²) >= 11 is 0. The van der Waals surface area contributed by atoms with Crippen LogP contribution in [0.5, 0.6) is 11.5 Å². The van der Waals surface area contributed by atoms with Crippen LogP contribution >= 0.6 is 0 Å². The van der Waals surface area contributed by atoms with Crippen molar-refractivity contribution in [2.75, 3.05) is 5.73 Å². The zero-order valence-corrected chi connectivity index (χ0v) is 9.68. The van der Waals surface area contributed by atoms with Crippen LogP contribution in [0, 0.1) is 0 Å². The number of nitrogens with zero attached hydrogens (tertiary/aromatic N) is 2. The molecule has 0 unspecified atom stereocenters. The second kappa shape index (κ2) is 4.29. The molecule has 0 radical (unpaired) electrons. The third-order valence-corrected chi connectivity index (χ3v) is 2.32. The van der Waals surface area contributed by atoms with E-state index in [1.807, 2.05) is 0 Å². The molecular formula is C12H13N3O2. The number of rotatable bonds is 3. The first kappa shape index (κ1) is 11.2. The topological polar surface area (TPSA) is 70.1 Å². The zero-order chi connectivity index (χ0) is 12.4. The molecule has 0 saturated heterocycles. The number of ketones is 1. The number of hydrogen-bond donors (Lipinski definition) is 1. The Kier molecular flexibility index (Phi) is 2.82. The minimum atomic E-state index is -0.0598. The molecule has 0 saturated carbocycles. The van der Waals surface area contributed by atoms with Crippen molar-refractivity contribution in [1.29, 1.82) is 0 Å². The molecule has 1 aromatic carbocycles. The number of aromatic nitrogens is 2. The van der Waals surface area contributed by atoms with E-state index in [1.54, 1.807) is 42.3 Å². The fraction of sp³-hybridized carbons (Fsp3) is 0.167. The molecule has 0 spiro atoms. The molecule has 2 aromatic rings. The number of ether oxygens (including phenoxy) is 1. The van der Waals surface area contributed by atoms with Crippen molar-refractivity contribution in [3.63, 3.8) is 0 Å².